The zero-order chi connectivity index (χ0) is 7.11. The van der Waals surface area contributed by atoms with Crippen molar-refractivity contribution in [3.8, 4) is 0 Å². The molecule has 0 rings (SSSR count). The maximum absolute atomic E-state index is 8.32. The normalized spacial score (nSPS) is 9.11. The predicted molar refractivity (Wildman–Crippen MR) is 36.1 cm³/mol. The van der Waals surface area contributed by atoms with Crippen molar-refractivity contribution in [1.82, 2.24) is 5.32 Å². The first-order valence-corrected chi connectivity index (χ1v) is 2.84. The summed E-state index contributed by atoms with van der Waals surface area (Å²) in [6, 6.07) is 0. The van der Waals surface area contributed by atoms with Crippen LogP contribution in [0, 0.1) is 0 Å². The van der Waals surface area contributed by atoms with Gasteiger partial charge in [0.1, 0.15) is 5.76 Å². The van der Waals surface area contributed by atoms with Gasteiger partial charge < -0.3 is 15.2 Å². The van der Waals surface area contributed by atoms with Crippen molar-refractivity contribution in [2.75, 3.05) is 26.8 Å². The molecule has 0 aromatic carbocycles. The van der Waals surface area contributed by atoms with Gasteiger partial charge in [0.15, 0.2) is 0 Å². The van der Waals surface area contributed by atoms with E-state index in [0.717, 1.165) is 0 Å². The van der Waals surface area contributed by atoms with Crippen LogP contribution in [-0.2, 0) is 4.74 Å². The molecule has 0 aliphatic carbocycles. The summed E-state index contributed by atoms with van der Waals surface area (Å²) in [6.45, 7) is 4.92. The van der Waals surface area contributed by atoms with E-state index in [0.29, 0.717) is 18.8 Å². The van der Waals surface area contributed by atoms with Crippen LogP contribution in [0.5, 0.6) is 0 Å². The van der Waals surface area contributed by atoms with Gasteiger partial charge in [0, 0.05) is 6.54 Å². The largest absolute Gasteiger partial charge is 0.500 e. The van der Waals surface area contributed by atoms with Gasteiger partial charge in [0.25, 0.3) is 0 Å². The van der Waals surface area contributed by atoms with E-state index < -0.39 is 0 Å². The lowest BCUT2D eigenvalue weighted by Gasteiger charge is -2.03. The Bertz CT molecular complexity index is 83.1. The Hall–Kier alpha value is -0.540. The summed E-state index contributed by atoms with van der Waals surface area (Å²) < 4.78 is 4.76. The van der Waals surface area contributed by atoms with Gasteiger partial charge >= 0.3 is 0 Å². The van der Waals surface area contributed by atoms with Crippen molar-refractivity contribution >= 4 is 0 Å². The Morgan fingerprint density at radius 2 is 2.44 bits per heavy atom. The molecular formula is C6H13NO2. The predicted octanol–water partition coefficient (Wildman–Crippen LogP) is -0.272. The molecule has 0 unspecified atom stereocenters. The van der Waals surface area contributed by atoms with Crippen molar-refractivity contribution in [2.24, 2.45) is 0 Å². The summed E-state index contributed by atoms with van der Waals surface area (Å²) >= 11 is 0. The van der Waals surface area contributed by atoms with Gasteiger partial charge in [-0.25, -0.2) is 0 Å². The van der Waals surface area contributed by atoms with Gasteiger partial charge in [0.05, 0.1) is 20.3 Å². The van der Waals surface area contributed by atoms with Crippen molar-refractivity contribution < 1.29 is 9.84 Å². The first-order valence-electron chi connectivity index (χ1n) is 2.84. The highest BCUT2D eigenvalue weighted by Gasteiger charge is 1.88. The number of nitrogens with one attached hydrogen (secondary N) is 1. The molecular weight excluding hydrogens is 118 g/mol. The number of ether oxygens (including phenoxy) is 1. The molecule has 9 heavy (non-hydrogen) atoms. The number of rotatable bonds is 5. The van der Waals surface area contributed by atoms with E-state index in [4.69, 9.17) is 9.84 Å². The maximum Gasteiger partial charge on any atom is 0.102 e. The van der Waals surface area contributed by atoms with Crippen molar-refractivity contribution in [3.63, 3.8) is 0 Å². The Labute approximate surface area is 55.3 Å². The molecule has 0 heterocycles. The van der Waals surface area contributed by atoms with Crippen LogP contribution in [0.15, 0.2) is 12.3 Å². The standard InChI is InChI=1S/C6H13NO2/c1-6(9-2)5-7-3-4-8/h7-8H,1,3-5H2,2H3. The van der Waals surface area contributed by atoms with E-state index in [-0.39, 0.29) is 6.61 Å². The van der Waals surface area contributed by atoms with Crippen molar-refractivity contribution in [1.29, 1.82) is 0 Å². The van der Waals surface area contributed by atoms with Crippen molar-refractivity contribution in [2.45, 2.75) is 0 Å². The van der Waals surface area contributed by atoms with Crippen LogP contribution in [-0.4, -0.2) is 31.9 Å². The van der Waals surface area contributed by atoms with Crippen LogP contribution in [0.4, 0.5) is 0 Å². The molecule has 54 valence electrons. The molecule has 0 saturated carbocycles. The lowest BCUT2D eigenvalue weighted by Crippen LogP contribution is -2.20. The number of aliphatic hydroxyl groups is 1. The first kappa shape index (κ1) is 8.46. The van der Waals surface area contributed by atoms with Gasteiger partial charge in [-0.2, -0.15) is 0 Å². The zero-order valence-electron chi connectivity index (χ0n) is 5.68. The van der Waals surface area contributed by atoms with Crippen LogP contribution in [0.1, 0.15) is 0 Å². The molecule has 0 aromatic rings. The Morgan fingerprint density at radius 1 is 1.78 bits per heavy atom. The topological polar surface area (TPSA) is 41.5 Å². The summed E-state index contributed by atoms with van der Waals surface area (Å²) in [6.07, 6.45) is 0. The quantitative estimate of drug-likeness (QED) is 0.398. The lowest BCUT2D eigenvalue weighted by molar-refractivity contribution is 0.267. The fraction of sp³-hybridized carbons (Fsp3) is 0.667. The molecule has 0 bridgehead atoms. The highest BCUT2D eigenvalue weighted by atomic mass is 16.5. The number of methoxy groups -OCH3 is 1. The second kappa shape index (κ2) is 5.59. The molecule has 0 saturated heterocycles. The number of hydrogen-bond acceptors (Lipinski definition) is 3. The lowest BCUT2D eigenvalue weighted by atomic mass is 10.5. The highest BCUT2D eigenvalue weighted by molar-refractivity contribution is 4.83. The summed E-state index contributed by atoms with van der Waals surface area (Å²) in [5.41, 5.74) is 0. The maximum atomic E-state index is 8.32. The molecule has 0 radical (unpaired) electrons. The van der Waals surface area contributed by atoms with Crippen LogP contribution >= 0.6 is 0 Å². The minimum atomic E-state index is 0.150. The second-order valence-electron chi connectivity index (χ2n) is 1.64. The summed E-state index contributed by atoms with van der Waals surface area (Å²) in [4.78, 5) is 0. The minimum Gasteiger partial charge on any atom is -0.500 e. The van der Waals surface area contributed by atoms with Gasteiger partial charge in [0.2, 0.25) is 0 Å². The average molecular weight is 131 g/mol. The molecule has 3 heteroatoms. The van der Waals surface area contributed by atoms with E-state index in [2.05, 4.69) is 11.9 Å². The van der Waals surface area contributed by atoms with Crippen LogP contribution in [0.2, 0.25) is 0 Å². The molecule has 0 fully saturated rings. The molecule has 0 atom stereocenters. The summed E-state index contributed by atoms with van der Waals surface area (Å²) in [5.74, 6) is 0.684. The SMILES string of the molecule is C=C(CNCCO)OC. The fourth-order valence-corrected chi connectivity index (χ4v) is 0.379. The van der Waals surface area contributed by atoms with Gasteiger partial charge in [-0.1, -0.05) is 6.58 Å². The third-order valence-corrected chi connectivity index (χ3v) is 0.899. The molecule has 0 aromatic heterocycles. The third-order valence-electron chi connectivity index (χ3n) is 0.899. The van der Waals surface area contributed by atoms with E-state index in [9.17, 15) is 0 Å². The average Bonchev–Trinajstić information content (AvgIpc) is 1.89. The monoisotopic (exact) mass is 131 g/mol. The number of aliphatic hydroxyl groups excluding tert-OH is 1. The van der Waals surface area contributed by atoms with Gasteiger partial charge in [-0.15, -0.1) is 0 Å². The zero-order valence-corrected chi connectivity index (χ0v) is 5.68. The molecule has 0 amide bonds. The van der Waals surface area contributed by atoms with Crippen LogP contribution < -0.4 is 5.32 Å². The first-order chi connectivity index (χ1) is 4.31. The van der Waals surface area contributed by atoms with Gasteiger partial charge in [-0.3, -0.25) is 0 Å². The Morgan fingerprint density at radius 3 is 2.89 bits per heavy atom. The molecule has 2 N–H and O–H groups in total. The Kier molecular flexibility index (Phi) is 5.26. The summed E-state index contributed by atoms with van der Waals surface area (Å²) in [7, 11) is 1.57. The molecule has 3 nitrogen and oxygen atoms in total. The van der Waals surface area contributed by atoms with Crippen LogP contribution in [0.3, 0.4) is 0 Å². The van der Waals surface area contributed by atoms with E-state index in [1.165, 1.54) is 0 Å². The van der Waals surface area contributed by atoms with Crippen molar-refractivity contribution in [3.05, 3.63) is 12.3 Å². The van der Waals surface area contributed by atoms with Gasteiger partial charge in [-0.05, 0) is 0 Å². The van der Waals surface area contributed by atoms with Crippen LogP contribution in [0.25, 0.3) is 0 Å². The molecule has 0 aliphatic heterocycles. The smallest absolute Gasteiger partial charge is 0.102 e. The van der Waals surface area contributed by atoms with E-state index in [1.54, 1.807) is 7.11 Å². The Balaban J connectivity index is 2.97. The second-order valence-corrected chi connectivity index (χ2v) is 1.64. The molecule has 0 spiro atoms. The fourth-order valence-electron chi connectivity index (χ4n) is 0.379. The van der Waals surface area contributed by atoms with E-state index >= 15 is 0 Å². The minimum absolute atomic E-state index is 0.150. The highest BCUT2D eigenvalue weighted by Crippen LogP contribution is 1.84. The summed E-state index contributed by atoms with van der Waals surface area (Å²) in [5, 5.41) is 11.2. The van der Waals surface area contributed by atoms with E-state index in [1.807, 2.05) is 0 Å². The number of hydrogen-bond donors (Lipinski definition) is 2. The molecule has 0 aliphatic rings. The third kappa shape index (κ3) is 5.33.